The smallest absolute Gasteiger partial charge is 0.251 e. The number of piperidine rings is 1. The second-order valence-electron chi connectivity index (χ2n) is 6.90. The molecule has 23 heavy (non-hydrogen) atoms. The van der Waals surface area contributed by atoms with Crippen LogP contribution in [0.5, 0.6) is 0 Å². The van der Waals surface area contributed by atoms with Gasteiger partial charge >= 0.3 is 0 Å². The summed E-state index contributed by atoms with van der Waals surface area (Å²) in [7, 11) is -3.58. The maximum atomic E-state index is 12.2. The fourth-order valence-corrected chi connectivity index (χ4v) is 3.91. The van der Waals surface area contributed by atoms with Gasteiger partial charge in [0.2, 0.25) is 10.0 Å². The Balaban J connectivity index is 2.05. The molecule has 6 nitrogen and oxygen atoms in total. The lowest BCUT2D eigenvalue weighted by molar-refractivity contribution is 0.0930. The van der Waals surface area contributed by atoms with Gasteiger partial charge in [-0.15, -0.1) is 0 Å². The third kappa shape index (κ3) is 5.30. The minimum absolute atomic E-state index is 0.127. The second-order valence-corrected chi connectivity index (χ2v) is 8.58. The van der Waals surface area contributed by atoms with Crippen molar-refractivity contribution in [1.82, 2.24) is 15.4 Å². The van der Waals surface area contributed by atoms with Gasteiger partial charge in [0.15, 0.2) is 0 Å². The van der Waals surface area contributed by atoms with Crippen molar-refractivity contribution in [1.29, 1.82) is 0 Å². The summed E-state index contributed by atoms with van der Waals surface area (Å²) >= 11 is 0. The van der Waals surface area contributed by atoms with Crippen LogP contribution in [-0.4, -0.2) is 39.0 Å². The number of benzene rings is 1. The number of hydrogen-bond donors (Lipinski definition) is 3. The SMILES string of the molecule is CC(C)(C)NS(=O)(=O)c1ccc(C(=O)N[C@H]2CCCNC2)cc1. The molecule has 1 aliphatic heterocycles. The molecule has 0 bridgehead atoms. The van der Waals surface area contributed by atoms with Crippen LogP contribution >= 0.6 is 0 Å². The zero-order chi connectivity index (χ0) is 17.1. The van der Waals surface area contributed by atoms with E-state index in [0.29, 0.717) is 5.56 Å². The van der Waals surface area contributed by atoms with E-state index < -0.39 is 15.6 Å². The number of carbonyl (C=O) groups excluding carboxylic acids is 1. The van der Waals surface area contributed by atoms with Crippen LogP contribution in [0.4, 0.5) is 0 Å². The zero-order valence-electron chi connectivity index (χ0n) is 13.8. The molecule has 2 rings (SSSR count). The van der Waals surface area contributed by atoms with Gasteiger partial charge in [-0.3, -0.25) is 4.79 Å². The van der Waals surface area contributed by atoms with Gasteiger partial charge in [0, 0.05) is 23.7 Å². The van der Waals surface area contributed by atoms with Gasteiger partial charge in [0.05, 0.1) is 4.90 Å². The molecule has 3 N–H and O–H groups in total. The number of sulfonamides is 1. The summed E-state index contributed by atoms with van der Waals surface area (Å²) in [5.74, 6) is -0.175. The van der Waals surface area contributed by atoms with Gasteiger partial charge < -0.3 is 10.6 Å². The zero-order valence-corrected chi connectivity index (χ0v) is 14.7. The highest BCUT2D eigenvalue weighted by Crippen LogP contribution is 2.14. The maximum Gasteiger partial charge on any atom is 0.251 e. The fraction of sp³-hybridized carbons (Fsp3) is 0.562. The van der Waals surface area contributed by atoms with Gasteiger partial charge in [0.25, 0.3) is 5.91 Å². The van der Waals surface area contributed by atoms with Crippen molar-refractivity contribution in [3.8, 4) is 0 Å². The summed E-state index contributed by atoms with van der Waals surface area (Å²) in [6, 6.07) is 6.14. The molecule has 1 amide bonds. The summed E-state index contributed by atoms with van der Waals surface area (Å²) in [6.07, 6.45) is 2.00. The van der Waals surface area contributed by atoms with Gasteiger partial charge in [-0.25, -0.2) is 13.1 Å². The summed E-state index contributed by atoms with van der Waals surface area (Å²) in [6.45, 7) is 7.10. The van der Waals surface area contributed by atoms with Crippen molar-refractivity contribution in [2.75, 3.05) is 13.1 Å². The molecule has 1 aromatic rings. The molecule has 7 heteroatoms. The Morgan fingerprint density at radius 3 is 2.39 bits per heavy atom. The monoisotopic (exact) mass is 339 g/mol. The third-order valence-electron chi connectivity index (χ3n) is 3.50. The highest BCUT2D eigenvalue weighted by atomic mass is 32.2. The molecule has 1 fully saturated rings. The highest BCUT2D eigenvalue weighted by molar-refractivity contribution is 7.89. The molecule has 128 valence electrons. The topological polar surface area (TPSA) is 87.3 Å². The molecule has 0 spiro atoms. The second kappa shape index (κ2) is 6.98. The normalized spacial score (nSPS) is 19.3. The average Bonchev–Trinajstić information content (AvgIpc) is 2.46. The summed E-state index contributed by atoms with van der Waals surface area (Å²) in [5, 5.41) is 6.21. The summed E-state index contributed by atoms with van der Waals surface area (Å²) < 4.78 is 27.0. The largest absolute Gasteiger partial charge is 0.348 e. The fourth-order valence-electron chi connectivity index (χ4n) is 2.49. The summed E-state index contributed by atoms with van der Waals surface area (Å²) in [5.41, 5.74) is -0.0895. The van der Waals surface area contributed by atoms with Crippen molar-refractivity contribution >= 4 is 15.9 Å². The third-order valence-corrected chi connectivity index (χ3v) is 5.27. The van der Waals surface area contributed by atoms with Crippen molar-refractivity contribution in [3.63, 3.8) is 0 Å². The van der Waals surface area contributed by atoms with Crippen LogP contribution in [0.3, 0.4) is 0 Å². The Labute approximate surface area is 138 Å². The van der Waals surface area contributed by atoms with E-state index in [0.717, 1.165) is 25.9 Å². The van der Waals surface area contributed by atoms with E-state index >= 15 is 0 Å². The average molecular weight is 339 g/mol. The van der Waals surface area contributed by atoms with E-state index in [2.05, 4.69) is 15.4 Å². The van der Waals surface area contributed by atoms with E-state index in [-0.39, 0.29) is 16.8 Å². The predicted octanol–water partition coefficient (Wildman–Crippen LogP) is 1.25. The molecule has 0 unspecified atom stereocenters. The Kier molecular flexibility index (Phi) is 5.44. The number of nitrogens with one attached hydrogen (secondary N) is 3. The predicted molar refractivity (Wildman–Crippen MR) is 89.9 cm³/mol. The van der Waals surface area contributed by atoms with Gasteiger partial charge in [-0.2, -0.15) is 0 Å². The quantitative estimate of drug-likeness (QED) is 0.770. The molecule has 1 atom stereocenters. The van der Waals surface area contributed by atoms with Crippen molar-refractivity contribution in [2.45, 2.75) is 50.1 Å². The molecular formula is C16H25N3O3S. The molecule has 1 heterocycles. The number of hydrogen-bond acceptors (Lipinski definition) is 4. The molecule has 1 saturated heterocycles. The van der Waals surface area contributed by atoms with Gasteiger partial charge in [0.1, 0.15) is 0 Å². The summed E-state index contributed by atoms with van der Waals surface area (Å²) in [4.78, 5) is 12.4. The first-order valence-corrected chi connectivity index (χ1v) is 9.31. The van der Waals surface area contributed by atoms with Crippen molar-refractivity contribution < 1.29 is 13.2 Å². The minimum atomic E-state index is -3.58. The van der Waals surface area contributed by atoms with Crippen LogP contribution < -0.4 is 15.4 Å². The van der Waals surface area contributed by atoms with E-state index in [9.17, 15) is 13.2 Å². The lowest BCUT2D eigenvalue weighted by atomic mass is 10.1. The molecule has 1 aromatic carbocycles. The van der Waals surface area contributed by atoms with Crippen LogP contribution in [0.2, 0.25) is 0 Å². The number of amides is 1. The van der Waals surface area contributed by atoms with Crippen LogP contribution in [0.15, 0.2) is 29.2 Å². The molecule has 1 aliphatic rings. The standard InChI is InChI=1S/C16H25N3O3S/c1-16(2,3)19-23(21,22)14-8-6-12(7-9-14)15(20)18-13-5-4-10-17-11-13/h6-9,13,17,19H,4-5,10-11H2,1-3H3,(H,18,20)/t13-/m0/s1. The van der Waals surface area contributed by atoms with Crippen molar-refractivity contribution in [3.05, 3.63) is 29.8 Å². The highest BCUT2D eigenvalue weighted by Gasteiger charge is 2.22. The Hall–Kier alpha value is -1.44. The van der Waals surface area contributed by atoms with Crippen LogP contribution in [0.1, 0.15) is 44.0 Å². The lowest BCUT2D eigenvalue weighted by Crippen LogP contribution is -2.45. The molecule has 0 aliphatic carbocycles. The molecule has 0 aromatic heterocycles. The van der Waals surface area contributed by atoms with Crippen LogP contribution in [-0.2, 0) is 10.0 Å². The molecular weight excluding hydrogens is 314 g/mol. The van der Waals surface area contributed by atoms with E-state index in [1.54, 1.807) is 32.9 Å². The van der Waals surface area contributed by atoms with E-state index in [4.69, 9.17) is 0 Å². The minimum Gasteiger partial charge on any atom is -0.348 e. The van der Waals surface area contributed by atoms with Crippen LogP contribution in [0.25, 0.3) is 0 Å². The number of rotatable bonds is 4. The van der Waals surface area contributed by atoms with E-state index in [1.807, 2.05) is 0 Å². The first-order chi connectivity index (χ1) is 10.7. The molecule has 0 saturated carbocycles. The van der Waals surface area contributed by atoms with Crippen molar-refractivity contribution in [2.24, 2.45) is 0 Å². The Bertz CT molecular complexity index is 642. The Morgan fingerprint density at radius 2 is 1.87 bits per heavy atom. The van der Waals surface area contributed by atoms with Gasteiger partial charge in [-0.1, -0.05) is 0 Å². The molecule has 0 radical (unpaired) electrons. The lowest BCUT2D eigenvalue weighted by Gasteiger charge is -2.24. The number of carbonyl (C=O) groups is 1. The van der Waals surface area contributed by atoms with Crippen LogP contribution in [0, 0.1) is 0 Å². The Morgan fingerprint density at radius 1 is 1.22 bits per heavy atom. The first kappa shape index (κ1) is 17.9. The van der Waals surface area contributed by atoms with E-state index in [1.165, 1.54) is 12.1 Å². The maximum absolute atomic E-state index is 12.2. The van der Waals surface area contributed by atoms with Gasteiger partial charge in [-0.05, 0) is 64.4 Å². The first-order valence-electron chi connectivity index (χ1n) is 7.83.